The molecule has 0 spiro atoms. The van der Waals surface area contributed by atoms with Gasteiger partial charge < -0.3 is 10.3 Å². The lowest BCUT2D eigenvalue weighted by atomic mass is 9.82. The third-order valence-corrected chi connectivity index (χ3v) is 5.47. The first-order valence-electron chi connectivity index (χ1n) is 9.94. The Hall–Kier alpha value is -2.50. The molecule has 1 amide bonds. The Balaban J connectivity index is 1.61. The Kier molecular flexibility index (Phi) is 4.60. The van der Waals surface area contributed by atoms with Crippen LogP contribution in [0.3, 0.4) is 0 Å². The summed E-state index contributed by atoms with van der Waals surface area (Å²) in [6, 6.07) is 6.08. The average molecular weight is 383 g/mol. The molecule has 2 aromatic rings. The fraction of sp³-hybridized carbons (Fsp3) is 0.500. The normalized spacial score (nSPS) is 18.0. The molecule has 0 aliphatic heterocycles. The number of carbonyl (C=O) groups excluding carboxylic acids is 1. The molecule has 2 saturated carbocycles. The van der Waals surface area contributed by atoms with Crippen molar-refractivity contribution >= 4 is 5.91 Å². The highest BCUT2D eigenvalue weighted by Crippen LogP contribution is 2.42. The predicted molar refractivity (Wildman–Crippen MR) is 105 cm³/mol. The third kappa shape index (κ3) is 4.01. The van der Waals surface area contributed by atoms with Crippen LogP contribution in [0.4, 0.5) is 4.39 Å². The zero-order chi connectivity index (χ0) is 20.1. The summed E-state index contributed by atoms with van der Waals surface area (Å²) in [5, 5.41) is 2.97. The van der Waals surface area contributed by atoms with Gasteiger partial charge in [-0.1, -0.05) is 32.9 Å². The minimum atomic E-state index is -0.417. The highest BCUT2D eigenvalue weighted by Gasteiger charge is 2.32. The Morgan fingerprint density at radius 1 is 1.18 bits per heavy atom. The number of amides is 1. The van der Waals surface area contributed by atoms with Crippen LogP contribution in [0, 0.1) is 11.2 Å². The molecule has 2 aliphatic carbocycles. The molecule has 0 unspecified atom stereocenters. The smallest absolute Gasteiger partial charge is 0.270 e. The highest BCUT2D eigenvalue weighted by molar-refractivity contribution is 5.92. The van der Waals surface area contributed by atoms with Crippen molar-refractivity contribution in [1.29, 1.82) is 0 Å². The van der Waals surface area contributed by atoms with Crippen molar-refractivity contribution in [2.75, 3.05) is 0 Å². The summed E-state index contributed by atoms with van der Waals surface area (Å²) < 4.78 is 14.6. The molecule has 0 bridgehead atoms. The number of nitrogens with zero attached hydrogens (tertiary/aromatic N) is 1. The Morgan fingerprint density at radius 2 is 1.86 bits per heavy atom. The maximum absolute atomic E-state index is 14.6. The number of aromatic amines is 1. The molecule has 2 fully saturated rings. The van der Waals surface area contributed by atoms with Crippen molar-refractivity contribution in [3.05, 3.63) is 63.1 Å². The van der Waals surface area contributed by atoms with E-state index in [4.69, 9.17) is 0 Å². The molecule has 148 valence electrons. The SMILES string of the molecule is CC(C)(C)[C@@H](NC(=O)c1cc(=O)[nH]c(C2CC2)n1)c1ccc(C2CC2)c(F)c1. The molecular weight excluding hydrogens is 357 g/mol. The standard InChI is InChI=1S/C22H26FN3O2/c1-22(2,3)19(14-8-9-15(12-4-5-12)16(23)10-14)26-21(28)17-11-18(27)25-20(24-17)13-6-7-13/h8-13,19H,4-7H2,1-3H3,(H,26,28)(H,24,25,27)/t19-/m0/s1. The van der Waals surface area contributed by atoms with E-state index in [-0.39, 0.29) is 28.4 Å². The number of nitrogens with one attached hydrogen (secondary N) is 2. The fourth-order valence-electron chi connectivity index (χ4n) is 3.60. The van der Waals surface area contributed by atoms with Crippen LogP contribution < -0.4 is 10.9 Å². The van der Waals surface area contributed by atoms with Crippen molar-refractivity contribution in [2.45, 2.75) is 64.3 Å². The molecule has 4 rings (SSSR count). The number of H-pyrrole nitrogens is 1. The van der Waals surface area contributed by atoms with E-state index < -0.39 is 11.9 Å². The quantitative estimate of drug-likeness (QED) is 0.813. The van der Waals surface area contributed by atoms with Crippen LogP contribution in [0.1, 0.15) is 91.8 Å². The first-order chi connectivity index (χ1) is 13.2. The highest BCUT2D eigenvalue weighted by atomic mass is 19.1. The van der Waals surface area contributed by atoms with Gasteiger partial charge in [0.2, 0.25) is 0 Å². The topological polar surface area (TPSA) is 74.8 Å². The number of hydrogen-bond donors (Lipinski definition) is 2. The minimum absolute atomic E-state index is 0.106. The van der Waals surface area contributed by atoms with E-state index in [0.29, 0.717) is 11.7 Å². The molecular formula is C22H26FN3O2. The second kappa shape index (κ2) is 6.83. The third-order valence-electron chi connectivity index (χ3n) is 5.47. The van der Waals surface area contributed by atoms with Gasteiger partial charge in [-0.15, -0.1) is 0 Å². The number of halogens is 1. The lowest BCUT2D eigenvalue weighted by Crippen LogP contribution is -2.37. The zero-order valence-corrected chi connectivity index (χ0v) is 16.5. The van der Waals surface area contributed by atoms with Crippen molar-refractivity contribution in [2.24, 2.45) is 5.41 Å². The molecule has 28 heavy (non-hydrogen) atoms. The maximum atomic E-state index is 14.6. The summed E-state index contributed by atoms with van der Waals surface area (Å²) in [6.07, 6.45) is 4.02. The van der Waals surface area contributed by atoms with Crippen LogP contribution in [0.25, 0.3) is 0 Å². The Labute approximate surface area is 163 Å². The first kappa shape index (κ1) is 18.8. The summed E-state index contributed by atoms with van der Waals surface area (Å²) in [4.78, 5) is 31.9. The van der Waals surface area contributed by atoms with E-state index in [1.54, 1.807) is 0 Å². The molecule has 1 atom stereocenters. The largest absolute Gasteiger partial charge is 0.343 e. The minimum Gasteiger partial charge on any atom is -0.343 e. The van der Waals surface area contributed by atoms with Crippen LogP contribution >= 0.6 is 0 Å². The predicted octanol–water partition coefficient (Wildman–Crippen LogP) is 4.18. The van der Waals surface area contributed by atoms with Gasteiger partial charge in [-0.05, 0) is 54.2 Å². The monoisotopic (exact) mass is 383 g/mol. The number of hydrogen-bond acceptors (Lipinski definition) is 3. The van der Waals surface area contributed by atoms with Gasteiger partial charge in [0.25, 0.3) is 11.5 Å². The van der Waals surface area contributed by atoms with E-state index in [1.165, 1.54) is 12.1 Å². The lowest BCUT2D eigenvalue weighted by Gasteiger charge is -2.32. The molecule has 6 heteroatoms. The van der Waals surface area contributed by atoms with Crippen molar-refractivity contribution in [1.82, 2.24) is 15.3 Å². The second-order valence-corrected chi connectivity index (χ2v) is 9.12. The van der Waals surface area contributed by atoms with E-state index in [0.717, 1.165) is 36.8 Å². The Morgan fingerprint density at radius 3 is 2.43 bits per heavy atom. The number of rotatable bonds is 5. The van der Waals surface area contributed by atoms with Gasteiger partial charge in [-0.2, -0.15) is 0 Å². The van der Waals surface area contributed by atoms with Gasteiger partial charge in [-0.25, -0.2) is 9.37 Å². The van der Waals surface area contributed by atoms with Crippen molar-refractivity contribution < 1.29 is 9.18 Å². The molecule has 1 aromatic heterocycles. The van der Waals surface area contributed by atoms with Crippen LogP contribution in [0.15, 0.2) is 29.1 Å². The van der Waals surface area contributed by atoms with E-state index in [2.05, 4.69) is 15.3 Å². The summed E-state index contributed by atoms with van der Waals surface area (Å²) in [5.74, 6) is 0.513. The molecule has 2 N–H and O–H groups in total. The second-order valence-electron chi connectivity index (χ2n) is 9.12. The number of benzene rings is 1. The van der Waals surface area contributed by atoms with Crippen LogP contribution in [-0.2, 0) is 0 Å². The molecule has 1 heterocycles. The van der Waals surface area contributed by atoms with Crippen LogP contribution in [-0.4, -0.2) is 15.9 Å². The average Bonchev–Trinajstić information content (AvgIpc) is 3.50. The summed E-state index contributed by atoms with van der Waals surface area (Å²) >= 11 is 0. The maximum Gasteiger partial charge on any atom is 0.270 e. The van der Waals surface area contributed by atoms with Crippen LogP contribution in [0.2, 0.25) is 0 Å². The number of aromatic nitrogens is 2. The summed E-state index contributed by atoms with van der Waals surface area (Å²) in [6.45, 7) is 5.97. The van der Waals surface area contributed by atoms with Gasteiger partial charge >= 0.3 is 0 Å². The van der Waals surface area contributed by atoms with E-state index >= 15 is 0 Å². The van der Waals surface area contributed by atoms with Crippen LogP contribution in [0.5, 0.6) is 0 Å². The molecule has 0 radical (unpaired) electrons. The van der Waals surface area contributed by atoms with Gasteiger partial charge in [-0.3, -0.25) is 9.59 Å². The summed E-state index contributed by atoms with van der Waals surface area (Å²) in [7, 11) is 0. The molecule has 5 nitrogen and oxygen atoms in total. The van der Waals surface area contributed by atoms with Gasteiger partial charge in [0.1, 0.15) is 17.3 Å². The lowest BCUT2D eigenvalue weighted by molar-refractivity contribution is 0.0895. The Bertz CT molecular complexity index is 968. The van der Waals surface area contributed by atoms with Gasteiger partial charge in [0, 0.05) is 12.0 Å². The van der Waals surface area contributed by atoms with Gasteiger partial charge in [0.05, 0.1) is 6.04 Å². The first-order valence-corrected chi connectivity index (χ1v) is 9.94. The van der Waals surface area contributed by atoms with Crippen molar-refractivity contribution in [3.63, 3.8) is 0 Å². The molecule has 0 saturated heterocycles. The van der Waals surface area contributed by atoms with Crippen molar-refractivity contribution in [3.8, 4) is 0 Å². The molecule has 2 aliphatic rings. The molecule has 1 aromatic carbocycles. The van der Waals surface area contributed by atoms with E-state index in [1.807, 2.05) is 32.9 Å². The zero-order valence-electron chi connectivity index (χ0n) is 16.5. The number of carbonyl (C=O) groups is 1. The fourth-order valence-corrected chi connectivity index (χ4v) is 3.60. The van der Waals surface area contributed by atoms with Gasteiger partial charge in [0.15, 0.2) is 0 Å². The van der Waals surface area contributed by atoms with E-state index in [9.17, 15) is 14.0 Å². The summed E-state index contributed by atoms with van der Waals surface area (Å²) in [5.41, 5.74) is 0.913.